The fourth-order valence-corrected chi connectivity index (χ4v) is 3.92. The van der Waals surface area contributed by atoms with Crippen molar-refractivity contribution < 1.29 is 14.2 Å². The molecule has 1 aromatic rings. The lowest BCUT2D eigenvalue weighted by atomic mass is 10.0. The van der Waals surface area contributed by atoms with Crippen molar-refractivity contribution in [1.82, 2.24) is 15.5 Å². The highest BCUT2D eigenvalue weighted by Gasteiger charge is 2.14. The van der Waals surface area contributed by atoms with E-state index < -0.39 is 0 Å². The normalized spacial score (nSPS) is 18.2. The van der Waals surface area contributed by atoms with Gasteiger partial charge in [0.2, 0.25) is 0 Å². The van der Waals surface area contributed by atoms with Gasteiger partial charge in [0.25, 0.3) is 0 Å². The maximum Gasteiger partial charge on any atom is 0.191 e. The van der Waals surface area contributed by atoms with E-state index in [-0.39, 0.29) is 24.0 Å². The first-order chi connectivity index (χ1) is 15.3. The first kappa shape index (κ1) is 27.3. The molecule has 32 heavy (non-hydrogen) atoms. The summed E-state index contributed by atoms with van der Waals surface area (Å²) < 4.78 is 16.7. The monoisotopic (exact) mass is 560 g/mol. The van der Waals surface area contributed by atoms with Gasteiger partial charge in [-0.2, -0.15) is 0 Å². The third-order valence-corrected chi connectivity index (χ3v) is 5.82. The molecule has 8 heteroatoms. The quantitative estimate of drug-likeness (QED) is 0.188. The van der Waals surface area contributed by atoms with Crippen molar-refractivity contribution in [2.75, 3.05) is 65.8 Å². The molecular weight excluding hydrogens is 519 g/mol. The van der Waals surface area contributed by atoms with E-state index in [0.29, 0.717) is 12.5 Å². The molecule has 0 unspecified atom stereocenters. The molecule has 182 valence electrons. The van der Waals surface area contributed by atoms with Gasteiger partial charge < -0.3 is 24.8 Å². The van der Waals surface area contributed by atoms with E-state index >= 15 is 0 Å². The third-order valence-electron chi connectivity index (χ3n) is 5.82. The maximum atomic E-state index is 5.86. The average molecular weight is 561 g/mol. The van der Waals surface area contributed by atoms with Crippen LogP contribution in [0.1, 0.15) is 37.3 Å². The van der Waals surface area contributed by atoms with Crippen LogP contribution in [0.5, 0.6) is 0 Å². The summed E-state index contributed by atoms with van der Waals surface area (Å²) in [5.74, 6) is 1.53. The summed E-state index contributed by atoms with van der Waals surface area (Å²) in [6.45, 7) is 12.5. The van der Waals surface area contributed by atoms with Crippen molar-refractivity contribution >= 4 is 29.9 Å². The van der Waals surface area contributed by atoms with Gasteiger partial charge >= 0.3 is 0 Å². The Hall–Kier alpha value is -0.940. The molecule has 0 bridgehead atoms. The summed E-state index contributed by atoms with van der Waals surface area (Å²) >= 11 is 0. The van der Waals surface area contributed by atoms with Crippen molar-refractivity contribution in [3.05, 3.63) is 35.4 Å². The molecule has 0 aromatic heterocycles. The lowest BCUT2D eigenvalue weighted by molar-refractivity contribution is 0.0203. The largest absolute Gasteiger partial charge is 0.381 e. The number of benzene rings is 1. The summed E-state index contributed by atoms with van der Waals surface area (Å²) in [5, 5.41) is 6.80. The molecule has 0 amide bonds. The Kier molecular flexibility index (Phi) is 14.2. The van der Waals surface area contributed by atoms with Gasteiger partial charge in [-0.15, -0.1) is 24.0 Å². The molecule has 0 atom stereocenters. The molecule has 2 saturated heterocycles. The number of rotatable bonds is 11. The second-order valence-electron chi connectivity index (χ2n) is 8.26. The van der Waals surface area contributed by atoms with Gasteiger partial charge in [-0.05, 0) is 43.2 Å². The summed E-state index contributed by atoms with van der Waals surface area (Å²) in [7, 11) is 0. The lowest BCUT2D eigenvalue weighted by Gasteiger charge is -2.27. The van der Waals surface area contributed by atoms with E-state index in [0.717, 1.165) is 97.6 Å². The summed E-state index contributed by atoms with van der Waals surface area (Å²) in [6.07, 6.45) is 3.23. The number of morpholine rings is 1. The predicted octanol–water partition coefficient (Wildman–Crippen LogP) is 3.03. The fourth-order valence-electron chi connectivity index (χ4n) is 3.92. The van der Waals surface area contributed by atoms with Gasteiger partial charge in [-0.3, -0.25) is 4.90 Å². The molecule has 2 aliphatic heterocycles. The number of nitrogens with one attached hydrogen (secondary N) is 2. The minimum absolute atomic E-state index is 0. The second kappa shape index (κ2) is 16.6. The van der Waals surface area contributed by atoms with Crippen LogP contribution in [0, 0.1) is 5.92 Å². The summed E-state index contributed by atoms with van der Waals surface area (Å²) in [4.78, 5) is 7.28. The van der Waals surface area contributed by atoms with Gasteiger partial charge in [0, 0.05) is 59.2 Å². The van der Waals surface area contributed by atoms with E-state index in [1.165, 1.54) is 11.1 Å². The first-order valence-electron chi connectivity index (χ1n) is 11.9. The smallest absolute Gasteiger partial charge is 0.191 e. The van der Waals surface area contributed by atoms with Crippen molar-refractivity contribution in [2.45, 2.75) is 39.3 Å². The number of hydrogen-bond donors (Lipinski definition) is 2. The van der Waals surface area contributed by atoms with Crippen molar-refractivity contribution in [2.24, 2.45) is 10.9 Å². The minimum atomic E-state index is 0. The van der Waals surface area contributed by atoms with Crippen LogP contribution in [-0.2, 0) is 27.3 Å². The molecule has 2 aliphatic rings. The molecule has 2 N–H and O–H groups in total. The molecule has 2 heterocycles. The van der Waals surface area contributed by atoms with Gasteiger partial charge in [0.15, 0.2) is 5.96 Å². The Morgan fingerprint density at radius 3 is 2.53 bits per heavy atom. The van der Waals surface area contributed by atoms with Gasteiger partial charge in [-0.1, -0.05) is 24.3 Å². The summed E-state index contributed by atoms with van der Waals surface area (Å²) in [6, 6.07) is 8.63. The highest BCUT2D eigenvalue weighted by atomic mass is 127. The Balaban J connectivity index is 0.00000363. The zero-order chi connectivity index (χ0) is 21.6. The molecular formula is C24H41IN4O3. The molecule has 0 saturated carbocycles. The number of aliphatic imine (C=N–C) groups is 1. The van der Waals surface area contributed by atoms with Crippen LogP contribution in [0.15, 0.2) is 29.3 Å². The Morgan fingerprint density at radius 1 is 1.06 bits per heavy atom. The number of halogens is 1. The van der Waals surface area contributed by atoms with E-state index in [9.17, 15) is 0 Å². The van der Waals surface area contributed by atoms with Crippen LogP contribution in [0.3, 0.4) is 0 Å². The number of nitrogens with zero attached hydrogens (tertiary/aromatic N) is 2. The molecule has 7 nitrogen and oxygen atoms in total. The Morgan fingerprint density at radius 2 is 1.78 bits per heavy atom. The van der Waals surface area contributed by atoms with E-state index in [1.54, 1.807) is 0 Å². The maximum absolute atomic E-state index is 5.86. The SMILES string of the molecule is CCNC(=NCc1ccccc1CN1CCOCC1)NCCCOCC1CCOCC1.I. The van der Waals surface area contributed by atoms with Gasteiger partial charge in [0.05, 0.1) is 19.8 Å². The molecule has 3 rings (SSSR count). The van der Waals surface area contributed by atoms with Gasteiger partial charge in [-0.25, -0.2) is 4.99 Å². The predicted molar refractivity (Wildman–Crippen MR) is 140 cm³/mol. The van der Waals surface area contributed by atoms with Crippen LogP contribution >= 0.6 is 24.0 Å². The van der Waals surface area contributed by atoms with Crippen LogP contribution in [0.25, 0.3) is 0 Å². The summed E-state index contributed by atoms with van der Waals surface area (Å²) in [5.41, 5.74) is 2.64. The topological polar surface area (TPSA) is 67.4 Å². The van der Waals surface area contributed by atoms with Crippen LogP contribution in [0.4, 0.5) is 0 Å². The van der Waals surface area contributed by atoms with E-state index in [2.05, 4.69) is 46.7 Å². The third kappa shape index (κ3) is 10.3. The molecule has 2 fully saturated rings. The zero-order valence-electron chi connectivity index (χ0n) is 19.5. The highest BCUT2D eigenvalue weighted by molar-refractivity contribution is 14.0. The first-order valence-corrected chi connectivity index (χ1v) is 11.9. The number of guanidine groups is 1. The van der Waals surface area contributed by atoms with Crippen LogP contribution < -0.4 is 10.6 Å². The highest BCUT2D eigenvalue weighted by Crippen LogP contribution is 2.15. The van der Waals surface area contributed by atoms with Gasteiger partial charge in [0.1, 0.15) is 0 Å². The van der Waals surface area contributed by atoms with Crippen molar-refractivity contribution in [3.63, 3.8) is 0 Å². The van der Waals surface area contributed by atoms with Crippen LogP contribution in [0.2, 0.25) is 0 Å². The van der Waals surface area contributed by atoms with E-state index in [4.69, 9.17) is 19.2 Å². The molecule has 0 radical (unpaired) electrons. The van der Waals surface area contributed by atoms with E-state index in [1.807, 2.05) is 0 Å². The Bertz CT molecular complexity index is 650. The molecule has 0 aliphatic carbocycles. The second-order valence-corrected chi connectivity index (χ2v) is 8.26. The molecule has 1 aromatic carbocycles. The molecule has 0 spiro atoms. The zero-order valence-corrected chi connectivity index (χ0v) is 21.9. The number of ether oxygens (including phenoxy) is 3. The fraction of sp³-hybridized carbons (Fsp3) is 0.708. The van der Waals surface area contributed by atoms with Crippen LogP contribution in [-0.4, -0.2) is 76.7 Å². The average Bonchev–Trinajstić information content (AvgIpc) is 2.82. The Labute approximate surface area is 210 Å². The number of hydrogen-bond acceptors (Lipinski definition) is 5. The lowest BCUT2D eigenvalue weighted by Crippen LogP contribution is -2.38. The van der Waals surface area contributed by atoms with Crippen molar-refractivity contribution in [3.8, 4) is 0 Å². The minimum Gasteiger partial charge on any atom is -0.381 e. The standard InChI is InChI=1S/C24H40N4O3.HI/c1-2-25-24(26-10-5-13-31-20-21-8-14-29-15-9-21)27-18-22-6-3-4-7-23(22)19-28-11-16-30-17-12-28;/h3-4,6-7,21H,2,5,8-20H2,1H3,(H2,25,26,27);1H. The van der Waals surface area contributed by atoms with Crippen molar-refractivity contribution in [1.29, 1.82) is 0 Å².